The van der Waals surface area contributed by atoms with E-state index in [1.807, 2.05) is 6.92 Å². The van der Waals surface area contributed by atoms with Crippen molar-refractivity contribution in [3.05, 3.63) is 12.2 Å². The fourth-order valence-corrected chi connectivity index (χ4v) is 4.45. The van der Waals surface area contributed by atoms with Crippen LogP contribution in [0, 0.1) is 0 Å². The highest BCUT2D eigenvalue weighted by Gasteiger charge is 2.25. The van der Waals surface area contributed by atoms with Crippen LogP contribution in [0.25, 0.3) is 0 Å². The number of nitrogens with two attached hydrogens (primary N) is 1. The van der Waals surface area contributed by atoms with Crippen LogP contribution in [0.4, 0.5) is 0 Å². The molecule has 0 saturated heterocycles. The van der Waals surface area contributed by atoms with E-state index in [0.717, 1.165) is 44.9 Å². The van der Waals surface area contributed by atoms with Crippen molar-refractivity contribution in [3.8, 4) is 0 Å². The minimum Gasteiger partial charge on any atom is -0.462 e. The zero-order valence-corrected chi connectivity index (χ0v) is 24.8. The first-order valence-corrected chi connectivity index (χ1v) is 16.2. The monoisotopic (exact) mass is 563 g/mol. The van der Waals surface area contributed by atoms with E-state index < -0.39 is 32.5 Å². The number of carbonyl (C=O) groups is 2. The number of phosphoric ester groups is 1. The maximum absolute atomic E-state index is 12.3. The van der Waals surface area contributed by atoms with E-state index in [0.29, 0.717) is 12.8 Å². The normalized spacial score (nSPS) is 13.9. The lowest BCUT2D eigenvalue weighted by Gasteiger charge is -2.19. The van der Waals surface area contributed by atoms with Gasteiger partial charge in [0, 0.05) is 19.4 Å². The molecule has 0 aliphatic heterocycles. The number of hydrogen-bond acceptors (Lipinski definition) is 8. The third-order valence-corrected chi connectivity index (χ3v) is 6.89. The second-order valence-electron chi connectivity index (χ2n) is 9.62. The number of rotatable bonds is 27. The summed E-state index contributed by atoms with van der Waals surface area (Å²) in [5.74, 6) is -0.869. The molecule has 0 bridgehead atoms. The summed E-state index contributed by atoms with van der Waals surface area (Å²) in [5.41, 5.74) is 5.27. The second kappa shape index (κ2) is 26.0. The van der Waals surface area contributed by atoms with Crippen LogP contribution < -0.4 is 5.73 Å². The van der Waals surface area contributed by atoms with Crippen LogP contribution in [0.3, 0.4) is 0 Å². The Kier molecular flexibility index (Phi) is 25.1. The Morgan fingerprint density at radius 2 is 1.29 bits per heavy atom. The number of hydrogen-bond donors (Lipinski definition) is 2. The van der Waals surface area contributed by atoms with Gasteiger partial charge in [0.25, 0.3) is 0 Å². The SMILES string of the molecule is CCCCCCC/C=C\CCCCCCCC(=O)OC(COC(=O)CCCCC)COP(=O)(O)OCCN. The van der Waals surface area contributed by atoms with Crippen LogP contribution in [0.1, 0.15) is 123 Å². The molecule has 0 radical (unpaired) electrons. The van der Waals surface area contributed by atoms with Crippen molar-refractivity contribution < 1.29 is 37.6 Å². The first-order chi connectivity index (χ1) is 18.3. The fourth-order valence-electron chi connectivity index (χ4n) is 3.68. The van der Waals surface area contributed by atoms with Gasteiger partial charge in [-0.1, -0.05) is 83.8 Å². The summed E-state index contributed by atoms with van der Waals surface area (Å²) in [7, 11) is -4.34. The molecule has 0 aromatic carbocycles. The van der Waals surface area contributed by atoms with Crippen LogP contribution in [-0.2, 0) is 32.7 Å². The summed E-state index contributed by atoms with van der Waals surface area (Å²) in [6, 6.07) is 0. The molecule has 0 saturated carbocycles. The predicted molar refractivity (Wildman–Crippen MR) is 151 cm³/mol. The Morgan fingerprint density at radius 1 is 0.763 bits per heavy atom. The molecular weight excluding hydrogens is 509 g/mol. The van der Waals surface area contributed by atoms with Crippen molar-refractivity contribution in [2.45, 2.75) is 129 Å². The Balaban J connectivity index is 4.20. The van der Waals surface area contributed by atoms with E-state index in [9.17, 15) is 19.0 Å². The molecule has 0 rings (SSSR count). The predicted octanol–water partition coefficient (Wildman–Crippen LogP) is 6.76. The highest BCUT2D eigenvalue weighted by Crippen LogP contribution is 2.43. The number of phosphoric acid groups is 1. The van der Waals surface area contributed by atoms with Gasteiger partial charge in [0.15, 0.2) is 6.10 Å². The molecule has 0 spiro atoms. The fraction of sp³-hybridized carbons (Fsp3) is 0.857. The molecule has 3 N–H and O–H groups in total. The summed E-state index contributed by atoms with van der Waals surface area (Å²) in [5, 5.41) is 0. The lowest BCUT2D eigenvalue weighted by atomic mass is 10.1. The lowest BCUT2D eigenvalue weighted by molar-refractivity contribution is -0.161. The van der Waals surface area contributed by atoms with E-state index in [4.69, 9.17) is 24.3 Å². The molecular formula is C28H54NO8P. The molecule has 2 unspecified atom stereocenters. The summed E-state index contributed by atoms with van der Waals surface area (Å²) in [4.78, 5) is 33.9. The Morgan fingerprint density at radius 3 is 1.92 bits per heavy atom. The largest absolute Gasteiger partial charge is 0.472 e. The Bertz CT molecular complexity index is 659. The summed E-state index contributed by atoms with van der Waals surface area (Å²) in [6.07, 6.45) is 20.4. The number of esters is 2. The maximum Gasteiger partial charge on any atom is 0.472 e. The van der Waals surface area contributed by atoms with Gasteiger partial charge in [-0.15, -0.1) is 0 Å². The molecule has 2 atom stereocenters. The van der Waals surface area contributed by atoms with Crippen LogP contribution >= 0.6 is 7.82 Å². The van der Waals surface area contributed by atoms with E-state index in [2.05, 4.69) is 19.1 Å². The summed E-state index contributed by atoms with van der Waals surface area (Å²) >= 11 is 0. The zero-order valence-electron chi connectivity index (χ0n) is 23.9. The maximum atomic E-state index is 12.3. The van der Waals surface area contributed by atoms with Crippen molar-refractivity contribution >= 4 is 19.8 Å². The topological polar surface area (TPSA) is 134 Å². The van der Waals surface area contributed by atoms with Gasteiger partial charge >= 0.3 is 19.8 Å². The average Bonchev–Trinajstić information content (AvgIpc) is 2.89. The van der Waals surface area contributed by atoms with Gasteiger partial charge in [0.2, 0.25) is 0 Å². The van der Waals surface area contributed by atoms with Gasteiger partial charge in [-0.2, -0.15) is 0 Å². The molecule has 0 aromatic rings. The van der Waals surface area contributed by atoms with Crippen molar-refractivity contribution in [2.24, 2.45) is 5.73 Å². The average molecular weight is 564 g/mol. The first-order valence-electron chi connectivity index (χ1n) is 14.7. The standard InChI is InChI=1S/C28H54NO8P/c1-3-5-7-8-9-10-11-12-13-14-15-16-17-19-21-28(31)37-26(24-34-27(30)20-18-6-4-2)25-36-38(32,33)35-23-22-29/h11-12,26H,3-10,13-25,29H2,1-2H3,(H,32,33)/b12-11-. The highest BCUT2D eigenvalue weighted by molar-refractivity contribution is 7.47. The van der Waals surface area contributed by atoms with Crippen LogP contribution in [0.5, 0.6) is 0 Å². The van der Waals surface area contributed by atoms with Crippen LogP contribution in [-0.4, -0.2) is 49.3 Å². The molecule has 0 amide bonds. The molecule has 0 heterocycles. The minimum absolute atomic E-state index is 0.0532. The number of ether oxygens (including phenoxy) is 2. The number of allylic oxidation sites excluding steroid dienone is 2. The molecule has 10 heteroatoms. The third-order valence-electron chi connectivity index (χ3n) is 5.90. The van der Waals surface area contributed by atoms with Gasteiger partial charge in [-0.3, -0.25) is 18.6 Å². The third kappa shape index (κ3) is 25.1. The molecule has 0 fully saturated rings. The van der Waals surface area contributed by atoms with Crippen molar-refractivity contribution in [2.75, 3.05) is 26.4 Å². The van der Waals surface area contributed by atoms with Crippen molar-refractivity contribution in [3.63, 3.8) is 0 Å². The van der Waals surface area contributed by atoms with Crippen molar-refractivity contribution in [1.29, 1.82) is 0 Å². The summed E-state index contributed by atoms with van der Waals surface area (Å²) in [6.45, 7) is 3.49. The van der Waals surface area contributed by atoms with Gasteiger partial charge in [0.1, 0.15) is 6.61 Å². The Labute approximate surface area is 230 Å². The van der Waals surface area contributed by atoms with Gasteiger partial charge in [-0.25, -0.2) is 4.57 Å². The number of carbonyl (C=O) groups excluding carboxylic acids is 2. The van der Waals surface area contributed by atoms with Crippen molar-refractivity contribution in [1.82, 2.24) is 0 Å². The lowest BCUT2D eigenvalue weighted by Crippen LogP contribution is -2.29. The Hall–Kier alpha value is -1.25. The quantitative estimate of drug-likeness (QED) is 0.0481. The first kappa shape index (κ1) is 36.8. The van der Waals surface area contributed by atoms with Gasteiger partial charge in [0.05, 0.1) is 13.2 Å². The van der Waals surface area contributed by atoms with Gasteiger partial charge in [-0.05, 0) is 38.5 Å². The smallest absolute Gasteiger partial charge is 0.462 e. The molecule has 38 heavy (non-hydrogen) atoms. The van der Waals surface area contributed by atoms with E-state index in [1.165, 1.54) is 38.5 Å². The minimum atomic E-state index is -4.34. The van der Waals surface area contributed by atoms with Crippen LogP contribution in [0.2, 0.25) is 0 Å². The van der Waals surface area contributed by atoms with Gasteiger partial charge < -0.3 is 20.1 Å². The number of unbranched alkanes of at least 4 members (excludes halogenated alkanes) is 12. The van der Waals surface area contributed by atoms with E-state index >= 15 is 0 Å². The molecule has 0 aliphatic carbocycles. The van der Waals surface area contributed by atoms with E-state index in [1.54, 1.807) is 0 Å². The zero-order chi connectivity index (χ0) is 28.3. The molecule has 0 aromatic heterocycles. The van der Waals surface area contributed by atoms with Crippen LogP contribution in [0.15, 0.2) is 12.2 Å². The highest BCUT2D eigenvalue weighted by atomic mass is 31.2. The summed E-state index contributed by atoms with van der Waals surface area (Å²) < 4.78 is 32.1. The molecule has 224 valence electrons. The molecule has 0 aliphatic rings. The van der Waals surface area contributed by atoms with E-state index in [-0.39, 0.29) is 32.6 Å². The molecule has 9 nitrogen and oxygen atoms in total. The second-order valence-corrected chi connectivity index (χ2v) is 11.1.